The Labute approximate surface area is 276 Å². The molecule has 0 spiro atoms. The van der Waals surface area contributed by atoms with Crippen molar-refractivity contribution in [1.29, 1.82) is 0 Å². The highest BCUT2D eigenvalue weighted by Crippen LogP contribution is 2.29. The molecule has 0 aliphatic rings. The van der Waals surface area contributed by atoms with Gasteiger partial charge in [-0.15, -0.1) is 11.8 Å². The molecule has 0 saturated carbocycles. The van der Waals surface area contributed by atoms with Crippen LogP contribution in [0.1, 0.15) is 34.6 Å². The highest BCUT2D eigenvalue weighted by molar-refractivity contribution is 8.00. The molecule has 5 aromatic rings. The second-order valence-corrected chi connectivity index (χ2v) is 11.4. The SMILES string of the molecule is CCOc1ccccc1NC(=O)C(OC(=O)c1ccccc1SCC(=O)Nc1c(C)n(C)n(-c2ccccc2)c1=O)c1ccccc1. The molecule has 0 fully saturated rings. The number of hydrogen-bond donors (Lipinski definition) is 2. The Morgan fingerprint density at radius 2 is 1.47 bits per heavy atom. The van der Waals surface area contributed by atoms with Crippen LogP contribution >= 0.6 is 11.8 Å². The van der Waals surface area contributed by atoms with Crippen LogP contribution in [0, 0.1) is 6.92 Å². The number of carbonyl (C=O) groups is 3. The first-order valence-electron chi connectivity index (χ1n) is 14.9. The maximum atomic E-state index is 13.6. The highest BCUT2D eigenvalue weighted by Gasteiger charge is 2.28. The van der Waals surface area contributed by atoms with Crippen LogP contribution in [0.5, 0.6) is 5.75 Å². The molecule has 240 valence electrons. The van der Waals surface area contributed by atoms with Gasteiger partial charge in [-0.25, -0.2) is 9.48 Å². The third-order valence-corrected chi connectivity index (χ3v) is 8.37. The summed E-state index contributed by atoms with van der Waals surface area (Å²) < 4.78 is 14.6. The minimum atomic E-state index is -1.27. The number of amides is 2. The fourth-order valence-corrected chi connectivity index (χ4v) is 5.75. The molecule has 0 bridgehead atoms. The van der Waals surface area contributed by atoms with Gasteiger partial charge in [-0.05, 0) is 50.2 Å². The lowest BCUT2D eigenvalue weighted by atomic mass is 10.1. The zero-order valence-corrected chi connectivity index (χ0v) is 27.0. The fraction of sp³-hybridized carbons (Fsp3) is 0.167. The van der Waals surface area contributed by atoms with Crippen LogP contribution in [0.4, 0.5) is 11.4 Å². The third kappa shape index (κ3) is 7.64. The Morgan fingerprint density at radius 1 is 0.830 bits per heavy atom. The average molecular weight is 651 g/mol. The molecular weight excluding hydrogens is 616 g/mol. The van der Waals surface area contributed by atoms with Crippen molar-refractivity contribution < 1.29 is 23.9 Å². The van der Waals surface area contributed by atoms with E-state index in [1.807, 2.05) is 37.3 Å². The molecule has 4 aromatic carbocycles. The normalized spacial score (nSPS) is 11.4. The van der Waals surface area contributed by atoms with Crippen molar-refractivity contribution in [3.63, 3.8) is 0 Å². The predicted molar refractivity (Wildman–Crippen MR) is 182 cm³/mol. The van der Waals surface area contributed by atoms with Crippen LogP contribution in [0.15, 0.2) is 119 Å². The number of esters is 1. The topological polar surface area (TPSA) is 121 Å². The van der Waals surface area contributed by atoms with Crippen LogP contribution < -0.4 is 20.9 Å². The molecule has 11 heteroatoms. The number of hydrogen-bond acceptors (Lipinski definition) is 7. The standard InChI is InChI=1S/C36H34N4O6S/c1-4-45-29-21-13-12-20-28(29)37-34(42)33(25-15-7-5-8-16-25)46-36(44)27-19-11-14-22-30(27)47-23-31(41)38-32-24(2)39(3)40(35(32)43)26-17-9-6-10-18-26/h5-22,33H,4,23H2,1-3H3,(H,37,42)(H,38,41). The van der Waals surface area contributed by atoms with Gasteiger partial charge in [0.25, 0.3) is 11.5 Å². The molecule has 10 nitrogen and oxygen atoms in total. The summed E-state index contributed by atoms with van der Waals surface area (Å²) in [5, 5.41) is 5.57. The lowest BCUT2D eigenvalue weighted by Gasteiger charge is -2.20. The summed E-state index contributed by atoms with van der Waals surface area (Å²) in [6, 6.07) is 31.6. The minimum absolute atomic E-state index is 0.0831. The fourth-order valence-electron chi connectivity index (χ4n) is 4.91. The van der Waals surface area contributed by atoms with E-state index >= 15 is 0 Å². The van der Waals surface area contributed by atoms with Crippen molar-refractivity contribution in [3.05, 3.63) is 136 Å². The summed E-state index contributed by atoms with van der Waals surface area (Å²) in [5.74, 6) is -1.30. The monoisotopic (exact) mass is 650 g/mol. The summed E-state index contributed by atoms with van der Waals surface area (Å²) >= 11 is 1.12. The van der Waals surface area contributed by atoms with Crippen molar-refractivity contribution in [2.24, 2.45) is 7.05 Å². The first-order valence-corrected chi connectivity index (χ1v) is 15.9. The molecule has 1 heterocycles. The highest BCUT2D eigenvalue weighted by atomic mass is 32.2. The van der Waals surface area contributed by atoms with Gasteiger partial charge >= 0.3 is 5.97 Å². The van der Waals surface area contributed by atoms with E-state index in [4.69, 9.17) is 9.47 Å². The van der Waals surface area contributed by atoms with Gasteiger partial charge in [0, 0.05) is 17.5 Å². The number of ether oxygens (including phenoxy) is 2. The molecule has 2 N–H and O–H groups in total. The Kier molecular flexibility index (Phi) is 10.6. The molecule has 1 unspecified atom stereocenters. The molecule has 1 aromatic heterocycles. The summed E-state index contributed by atoms with van der Waals surface area (Å²) in [4.78, 5) is 53.9. The Hall–Kier alpha value is -5.55. The Bertz CT molecular complexity index is 1940. The van der Waals surface area contributed by atoms with Gasteiger partial charge in [-0.2, -0.15) is 0 Å². The Balaban J connectivity index is 1.31. The van der Waals surface area contributed by atoms with E-state index in [-0.39, 0.29) is 22.6 Å². The van der Waals surface area contributed by atoms with Gasteiger partial charge in [0.15, 0.2) is 0 Å². The number of nitrogens with one attached hydrogen (secondary N) is 2. The number of anilines is 2. The molecule has 47 heavy (non-hydrogen) atoms. The first kappa shape index (κ1) is 32.8. The number of carbonyl (C=O) groups excluding carboxylic acids is 3. The molecule has 0 aliphatic carbocycles. The largest absolute Gasteiger partial charge is 0.492 e. The van der Waals surface area contributed by atoms with E-state index in [9.17, 15) is 19.2 Å². The molecule has 5 rings (SSSR count). The van der Waals surface area contributed by atoms with Gasteiger partial charge in [-0.1, -0.05) is 72.8 Å². The molecule has 0 radical (unpaired) electrons. The summed E-state index contributed by atoms with van der Waals surface area (Å²) in [5.41, 5.74) is 2.21. The maximum absolute atomic E-state index is 13.6. The maximum Gasteiger partial charge on any atom is 0.340 e. The lowest BCUT2D eigenvalue weighted by Crippen LogP contribution is -2.26. The molecule has 2 amide bonds. The van der Waals surface area contributed by atoms with Crippen molar-refractivity contribution in [1.82, 2.24) is 9.36 Å². The number of aromatic nitrogens is 2. The predicted octanol–water partition coefficient (Wildman–Crippen LogP) is 6.15. The van der Waals surface area contributed by atoms with Crippen molar-refractivity contribution in [3.8, 4) is 11.4 Å². The first-order chi connectivity index (χ1) is 22.8. The van der Waals surface area contributed by atoms with Gasteiger partial charge in [0.2, 0.25) is 12.0 Å². The zero-order chi connectivity index (χ0) is 33.3. The van der Waals surface area contributed by atoms with Gasteiger partial charge in [-0.3, -0.25) is 19.1 Å². The van der Waals surface area contributed by atoms with Crippen molar-refractivity contribution >= 4 is 40.9 Å². The number of para-hydroxylation sites is 3. The number of benzene rings is 4. The lowest BCUT2D eigenvalue weighted by molar-refractivity contribution is -0.125. The second-order valence-electron chi connectivity index (χ2n) is 10.4. The van der Waals surface area contributed by atoms with Crippen LogP contribution in [0.25, 0.3) is 5.69 Å². The summed E-state index contributed by atoms with van der Waals surface area (Å²) in [6.45, 7) is 4.01. The van der Waals surface area contributed by atoms with Crippen LogP contribution in [0.2, 0.25) is 0 Å². The van der Waals surface area contributed by atoms with E-state index < -0.39 is 23.9 Å². The van der Waals surface area contributed by atoms with Gasteiger partial charge in [0.1, 0.15) is 11.4 Å². The van der Waals surface area contributed by atoms with Crippen molar-refractivity contribution in [2.75, 3.05) is 23.0 Å². The second kappa shape index (κ2) is 15.2. The number of thioether (sulfide) groups is 1. The van der Waals surface area contributed by atoms with Crippen LogP contribution in [0.3, 0.4) is 0 Å². The van der Waals surface area contributed by atoms with Gasteiger partial charge < -0.3 is 20.1 Å². The van der Waals surface area contributed by atoms with E-state index in [1.165, 1.54) is 4.68 Å². The number of rotatable bonds is 12. The molecule has 0 aliphatic heterocycles. The summed E-state index contributed by atoms with van der Waals surface area (Å²) in [7, 11) is 1.75. The number of nitrogens with zero attached hydrogens (tertiary/aromatic N) is 2. The third-order valence-electron chi connectivity index (χ3n) is 7.29. The smallest absolute Gasteiger partial charge is 0.340 e. The van der Waals surface area contributed by atoms with E-state index in [0.29, 0.717) is 39.9 Å². The Morgan fingerprint density at radius 3 is 2.19 bits per heavy atom. The van der Waals surface area contributed by atoms with E-state index in [2.05, 4.69) is 10.6 Å². The summed E-state index contributed by atoms with van der Waals surface area (Å²) in [6.07, 6.45) is -1.27. The van der Waals surface area contributed by atoms with Gasteiger partial charge in [0.05, 0.1) is 35.0 Å². The van der Waals surface area contributed by atoms with E-state index in [0.717, 1.165) is 11.8 Å². The average Bonchev–Trinajstić information content (AvgIpc) is 3.30. The zero-order valence-electron chi connectivity index (χ0n) is 26.1. The van der Waals surface area contributed by atoms with Crippen LogP contribution in [-0.4, -0.2) is 39.5 Å². The molecular formula is C36H34N4O6S. The quantitative estimate of drug-likeness (QED) is 0.123. The van der Waals surface area contributed by atoms with Crippen molar-refractivity contribution in [2.45, 2.75) is 24.8 Å². The molecule has 0 saturated heterocycles. The van der Waals surface area contributed by atoms with Crippen LogP contribution in [-0.2, 0) is 21.4 Å². The minimum Gasteiger partial charge on any atom is -0.492 e. The van der Waals surface area contributed by atoms with E-state index in [1.54, 1.807) is 97.5 Å². The molecule has 1 atom stereocenters.